The molecule has 0 radical (unpaired) electrons. The number of carbonyl (C=O) groups is 1. The molecule has 2 amide bonds. The number of benzene rings is 3. The summed E-state index contributed by atoms with van der Waals surface area (Å²) in [7, 11) is -4.08. The first-order valence-corrected chi connectivity index (χ1v) is 11.4. The third-order valence-corrected chi connectivity index (χ3v) is 6.06. The third kappa shape index (κ3) is 5.16. The van der Waals surface area contributed by atoms with Crippen LogP contribution in [0.15, 0.2) is 98.2 Å². The zero-order chi connectivity index (χ0) is 23.4. The molecule has 4 rings (SSSR count). The van der Waals surface area contributed by atoms with Crippen molar-refractivity contribution in [3.8, 4) is 0 Å². The number of hydrogen-bond donors (Lipinski definition) is 2. The van der Waals surface area contributed by atoms with Gasteiger partial charge >= 0.3 is 6.03 Å². The van der Waals surface area contributed by atoms with Gasteiger partial charge in [-0.05, 0) is 55.5 Å². The van der Waals surface area contributed by atoms with E-state index in [-0.39, 0.29) is 15.9 Å². The summed E-state index contributed by atoms with van der Waals surface area (Å²) in [5.41, 5.74) is 2.36. The predicted octanol–water partition coefficient (Wildman–Crippen LogP) is 4.36. The maximum atomic E-state index is 12.6. The summed E-state index contributed by atoms with van der Waals surface area (Å²) in [5.74, 6) is 0. The van der Waals surface area contributed by atoms with E-state index in [4.69, 9.17) is 4.42 Å². The van der Waals surface area contributed by atoms with Crippen LogP contribution < -0.4 is 15.5 Å². The molecule has 0 bridgehead atoms. The molecule has 0 unspecified atom stereocenters. The standard InChI is InChI=1S/C24H19N3O5S/c1-16-7-12-22-21(13-16)23(28)17(15-32-22)14-25-18-8-10-20(11-9-18)33(30,31)27-24(29)26-19-5-3-2-4-6-19/h2-15H,1H3,(H2,26,27,29). The van der Waals surface area contributed by atoms with Crippen LogP contribution in [0.25, 0.3) is 11.0 Å². The van der Waals surface area contributed by atoms with E-state index in [2.05, 4.69) is 10.3 Å². The highest BCUT2D eigenvalue weighted by Gasteiger charge is 2.17. The quantitative estimate of drug-likeness (QED) is 0.428. The minimum Gasteiger partial charge on any atom is -0.463 e. The van der Waals surface area contributed by atoms with Crippen LogP contribution in [0, 0.1) is 6.92 Å². The number of nitrogens with zero attached hydrogens (tertiary/aromatic N) is 1. The number of urea groups is 1. The first-order chi connectivity index (χ1) is 15.8. The van der Waals surface area contributed by atoms with Gasteiger partial charge in [0, 0.05) is 11.9 Å². The van der Waals surface area contributed by atoms with Gasteiger partial charge in [-0.1, -0.05) is 29.8 Å². The van der Waals surface area contributed by atoms with Crippen LogP contribution in [0.3, 0.4) is 0 Å². The lowest BCUT2D eigenvalue weighted by molar-refractivity contribution is 0.256. The Labute approximate surface area is 189 Å². The number of sulfonamides is 1. The largest absolute Gasteiger partial charge is 0.463 e. The molecule has 0 atom stereocenters. The first-order valence-electron chi connectivity index (χ1n) is 9.87. The van der Waals surface area contributed by atoms with Crippen LogP contribution in [-0.2, 0) is 10.0 Å². The fourth-order valence-corrected chi connectivity index (χ4v) is 3.97. The lowest BCUT2D eigenvalue weighted by Crippen LogP contribution is -2.34. The Hall–Kier alpha value is -4.24. The third-order valence-electron chi connectivity index (χ3n) is 4.71. The monoisotopic (exact) mass is 461 g/mol. The van der Waals surface area contributed by atoms with E-state index < -0.39 is 16.1 Å². The second-order valence-electron chi connectivity index (χ2n) is 7.20. The number of para-hydroxylation sites is 1. The average Bonchev–Trinajstić information content (AvgIpc) is 2.79. The fourth-order valence-electron chi connectivity index (χ4n) is 3.06. The van der Waals surface area contributed by atoms with Crippen molar-refractivity contribution in [3.05, 3.63) is 100 Å². The molecule has 1 aromatic heterocycles. The Bertz CT molecular complexity index is 1510. The smallest absolute Gasteiger partial charge is 0.333 e. The Kier molecular flexibility index (Phi) is 6.05. The van der Waals surface area contributed by atoms with Gasteiger partial charge in [-0.2, -0.15) is 0 Å². The van der Waals surface area contributed by atoms with Crippen molar-refractivity contribution in [2.75, 3.05) is 5.32 Å². The van der Waals surface area contributed by atoms with Crippen LogP contribution in [0.5, 0.6) is 0 Å². The Morgan fingerprint density at radius 1 is 1.00 bits per heavy atom. The normalized spacial score (nSPS) is 11.5. The number of aryl methyl sites for hydroxylation is 1. The van der Waals surface area contributed by atoms with Crippen LogP contribution in [0.2, 0.25) is 0 Å². The first kappa shape index (κ1) is 22.0. The maximum absolute atomic E-state index is 12.6. The summed E-state index contributed by atoms with van der Waals surface area (Å²) in [4.78, 5) is 28.8. The molecule has 0 spiro atoms. The zero-order valence-electron chi connectivity index (χ0n) is 17.5. The summed E-state index contributed by atoms with van der Waals surface area (Å²) in [6, 6.07) is 18.5. The van der Waals surface area contributed by atoms with Crippen molar-refractivity contribution in [1.29, 1.82) is 0 Å². The average molecular weight is 461 g/mol. The SMILES string of the molecule is Cc1ccc2occ(C=Nc3ccc(S(=O)(=O)NC(=O)Nc4ccccc4)cc3)c(=O)c2c1. The van der Waals surface area contributed by atoms with Crippen molar-refractivity contribution in [3.63, 3.8) is 0 Å². The van der Waals surface area contributed by atoms with Crippen molar-refractivity contribution in [1.82, 2.24) is 4.72 Å². The number of amides is 2. The second-order valence-corrected chi connectivity index (χ2v) is 8.88. The zero-order valence-corrected chi connectivity index (χ0v) is 18.3. The molecule has 4 aromatic rings. The van der Waals surface area contributed by atoms with Gasteiger partial charge in [0.25, 0.3) is 10.0 Å². The molecule has 166 valence electrons. The molecule has 1 heterocycles. The van der Waals surface area contributed by atoms with Crippen LogP contribution in [0.4, 0.5) is 16.2 Å². The van der Waals surface area contributed by atoms with E-state index in [1.165, 1.54) is 36.7 Å². The summed E-state index contributed by atoms with van der Waals surface area (Å²) in [6.07, 6.45) is 2.69. The van der Waals surface area contributed by atoms with E-state index in [0.717, 1.165) is 5.56 Å². The highest BCUT2D eigenvalue weighted by atomic mass is 32.2. The van der Waals surface area contributed by atoms with Gasteiger partial charge in [-0.25, -0.2) is 17.9 Å². The van der Waals surface area contributed by atoms with Gasteiger partial charge in [0.2, 0.25) is 5.43 Å². The van der Waals surface area contributed by atoms with Gasteiger partial charge in [-0.15, -0.1) is 0 Å². The van der Waals surface area contributed by atoms with Gasteiger partial charge in [0.05, 0.1) is 21.5 Å². The van der Waals surface area contributed by atoms with E-state index in [1.807, 2.05) is 17.7 Å². The van der Waals surface area contributed by atoms with Crippen LogP contribution in [-0.4, -0.2) is 20.7 Å². The van der Waals surface area contributed by atoms with Crippen LogP contribution >= 0.6 is 0 Å². The number of carbonyl (C=O) groups excluding carboxylic acids is 1. The minimum absolute atomic E-state index is 0.106. The summed E-state index contributed by atoms with van der Waals surface area (Å²) >= 11 is 0. The second kappa shape index (κ2) is 9.09. The molecule has 0 aliphatic rings. The molecular weight excluding hydrogens is 442 g/mol. The summed E-state index contributed by atoms with van der Waals surface area (Å²) < 4.78 is 32.4. The number of aliphatic imine (C=N–C) groups is 1. The molecule has 3 aromatic carbocycles. The minimum atomic E-state index is -4.08. The fraction of sp³-hybridized carbons (Fsp3) is 0.0417. The predicted molar refractivity (Wildman–Crippen MR) is 127 cm³/mol. The van der Waals surface area contributed by atoms with E-state index >= 15 is 0 Å². The van der Waals surface area contributed by atoms with Crippen molar-refractivity contribution in [2.24, 2.45) is 4.99 Å². The van der Waals surface area contributed by atoms with Gasteiger partial charge in [0.1, 0.15) is 11.8 Å². The van der Waals surface area contributed by atoms with Crippen molar-refractivity contribution >= 4 is 44.6 Å². The van der Waals surface area contributed by atoms with E-state index in [9.17, 15) is 18.0 Å². The van der Waals surface area contributed by atoms with E-state index in [1.54, 1.807) is 42.5 Å². The molecule has 2 N–H and O–H groups in total. The van der Waals surface area contributed by atoms with Gasteiger partial charge in [-0.3, -0.25) is 9.79 Å². The highest BCUT2D eigenvalue weighted by Crippen LogP contribution is 2.17. The van der Waals surface area contributed by atoms with Gasteiger partial charge in [0.15, 0.2) is 0 Å². The molecule has 0 aliphatic heterocycles. The molecule has 0 aliphatic carbocycles. The van der Waals surface area contributed by atoms with Gasteiger partial charge < -0.3 is 9.73 Å². The highest BCUT2D eigenvalue weighted by molar-refractivity contribution is 7.90. The Morgan fingerprint density at radius 3 is 2.45 bits per heavy atom. The molecule has 9 heteroatoms. The number of nitrogens with one attached hydrogen (secondary N) is 2. The lowest BCUT2D eigenvalue weighted by Gasteiger charge is -2.08. The molecule has 0 saturated heterocycles. The van der Waals surface area contributed by atoms with E-state index in [0.29, 0.717) is 22.3 Å². The number of hydrogen-bond acceptors (Lipinski definition) is 6. The molecule has 0 saturated carbocycles. The number of rotatable bonds is 5. The lowest BCUT2D eigenvalue weighted by atomic mass is 10.1. The number of fused-ring (bicyclic) bond motifs is 1. The Balaban J connectivity index is 1.48. The van der Waals surface area contributed by atoms with Crippen molar-refractivity contribution in [2.45, 2.75) is 11.8 Å². The topological polar surface area (TPSA) is 118 Å². The molecule has 8 nitrogen and oxygen atoms in total. The van der Waals surface area contributed by atoms with Crippen LogP contribution in [0.1, 0.15) is 11.1 Å². The number of anilines is 1. The van der Waals surface area contributed by atoms with Crippen molar-refractivity contribution < 1.29 is 17.6 Å². The maximum Gasteiger partial charge on any atom is 0.333 e. The summed E-state index contributed by atoms with van der Waals surface area (Å²) in [5, 5.41) is 2.91. The molecular formula is C24H19N3O5S. The summed E-state index contributed by atoms with van der Waals surface area (Å²) in [6.45, 7) is 1.88. The Morgan fingerprint density at radius 2 is 1.73 bits per heavy atom. The molecule has 33 heavy (non-hydrogen) atoms. The molecule has 0 fully saturated rings.